The number of carbonyl (C=O) groups is 1. The maximum absolute atomic E-state index is 12.0. The maximum atomic E-state index is 12.0. The zero-order valence-electron chi connectivity index (χ0n) is 11.2. The lowest BCUT2D eigenvalue weighted by Gasteiger charge is -2.31. The van der Waals surface area contributed by atoms with Crippen molar-refractivity contribution in [3.8, 4) is 0 Å². The summed E-state index contributed by atoms with van der Waals surface area (Å²) < 4.78 is 0. The van der Waals surface area contributed by atoms with Crippen LogP contribution >= 0.6 is 11.8 Å². The van der Waals surface area contributed by atoms with Crippen molar-refractivity contribution in [3.63, 3.8) is 0 Å². The van der Waals surface area contributed by atoms with Gasteiger partial charge >= 0.3 is 0 Å². The molecular weight excluding hydrogens is 220 g/mol. The summed E-state index contributed by atoms with van der Waals surface area (Å²) in [5, 5.41) is 0.468. The van der Waals surface area contributed by atoms with Crippen LogP contribution in [-0.4, -0.2) is 40.4 Å². The number of carbonyl (C=O) groups excluding carboxylic acids is 1. The second-order valence-corrected chi connectivity index (χ2v) is 6.11. The van der Waals surface area contributed by atoms with Gasteiger partial charge in [-0.2, -0.15) is 0 Å². The molecule has 0 heterocycles. The van der Waals surface area contributed by atoms with Crippen molar-refractivity contribution in [2.24, 2.45) is 5.73 Å². The minimum atomic E-state index is 0.235. The Bertz CT molecular complexity index is 199. The van der Waals surface area contributed by atoms with Gasteiger partial charge in [-0.3, -0.25) is 4.79 Å². The van der Waals surface area contributed by atoms with Gasteiger partial charge in [-0.15, -0.1) is 11.8 Å². The quantitative estimate of drug-likeness (QED) is 0.748. The first-order valence-electron chi connectivity index (χ1n) is 6.03. The molecule has 16 heavy (non-hydrogen) atoms. The van der Waals surface area contributed by atoms with E-state index in [2.05, 4.69) is 34.6 Å². The molecule has 0 aromatic heterocycles. The number of nitrogens with two attached hydrogens (primary N) is 1. The molecule has 0 aromatic rings. The second kappa shape index (κ2) is 7.96. The summed E-state index contributed by atoms with van der Waals surface area (Å²) in [4.78, 5) is 14.0. The van der Waals surface area contributed by atoms with Crippen LogP contribution in [0.15, 0.2) is 0 Å². The molecule has 0 aliphatic carbocycles. The molecule has 0 bridgehead atoms. The topological polar surface area (TPSA) is 46.3 Å². The second-order valence-electron chi connectivity index (χ2n) is 4.69. The molecule has 0 saturated carbocycles. The highest BCUT2D eigenvalue weighted by atomic mass is 32.2. The fourth-order valence-corrected chi connectivity index (χ4v) is 2.66. The average molecular weight is 246 g/mol. The van der Waals surface area contributed by atoms with Gasteiger partial charge < -0.3 is 10.6 Å². The summed E-state index contributed by atoms with van der Waals surface area (Å²) in [7, 11) is 0. The summed E-state index contributed by atoms with van der Waals surface area (Å²) in [5.74, 6) is 0.802. The molecule has 2 N–H and O–H groups in total. The summed E-state index contributed by atoms with van der Waals surface area (Å²) in [6, 6.07) is 0.552. The van der Waals surface area contributed by atoms with Gasteiger partial charge in [-0.25, -0.2) is 0 Å². The predicted molar refractivity (Wildman–Crippen MR) is 72.7 cm³/mol. The van der Waals surface area contributed by atoms with Crippen LogP contribution in [0.4, 0.5) is 0 Å². The molecule has 0 radical (unpaired) electrons. The Morgan fingerprint density at radius 2 is 1.69 bits per heavy atom. The molecule has 0 saturated heterocycles. The average Bonchev–Trinajstić information content (AvgIpc) is 2.14. The predicted octanol–water partition coefficient (Wildman–Crippen LogP) is 2.10. The molecule has 0 aliphatic rings. The molecule has 1 amide bonds. The van der Waals surface area contributed by atoms with Gasteiger partial charge in [-0.1, -0.05) is 6.92 Å². The van der Waals surface area contributed by atoms with E-state index in [-0.39, 0.29) is 18.0 Å². The van der Waals surface area contributed by atoms with Crippen molar-refractivity contribution in [1.29, 1.82) is 0 Å². The number of hydrogen-bond donors (Lipinski definition) is 1. The molecule has 0 rings (SSSR count). The number of thioether (sulfide) groups is 1. The van der Waals surface area contributed by atoms with Crippen LogP contribution in [0.2, 0.25) is 0 Å². The van der Waals surface area contributed by atoms with E-state index in [0.29, 0.717) is 17.5 Å². The van der Waals surface area contributed by atoms with Crippen molar-refractivity contribution >= 4 is 17.7 Å². The van der Waals surface area contributed by atoms with Crippen LogP contribution in [0.5, 0.6) is 0 Å². The highest BCUT2D eigenvalue weighted by molar-refractivity contribution is 8.00. The summed E-state index contributed by atoms with van der Waals surface area (Å²) in [6.45, 7) is 11.1. The van der Waals surface area contributed by atoms with Gasteiger partial charge in [0.2, 0.25) is 5.91 Å². The van der Waals surface area contributed by atoms with Gasteiger partial charge in [0.25, 0.3) is 0 Å². The third-order valence-electron chi connectivity index (χ3n) is 2.47. The van der Waals surface area contributed by atoms with Gasteiger partial charge in [0.15, 0.2) is 0 Å². The van der Waals surface area contributed by atoms with Crippen LogP contribution in [0, 0.1) is 0 Å². The SMILES string of the molecule is CC(CCN)SCC(=O)N(C(C)C)C(C)C. The number of rotatable bonds is 7. The maximum Gasteiger partial charge on any atom is 0.233 e. The lowest BCUT2D eigenvalue weighted by atomic mass is 10.2. The minimum Gasteiger partial charge on any atom is -0.337 e. The van der Waals surface area contributed by atoms with Crippen molar-refractivity contribution < 1.29 is 4.79 Å². The fourth-order valence-electron chi connectivity index (χ4n) is 1.78. The third-order valence-corrected chi connectivity index (χ3v) is 3.68. The molecule has 0 fully saturated rings. The van der Waals surface area contributed by atoms with E-state index in [1.807, 2.05) is 4.90 Å². The van der Waals surface area contributed by atoms with E-state index >= 15 is 0 Å². The first kappa shape index (κ1) is 15.8. The Morgan fingerprint density at radius 3 is 2.06 bits per heavy atom. The van der Waals surface area contributed by atoms with Crippen molar-refractivity contribution in [2.75, 3.05) is 12.3 Å². The Morgan fingerprint density at radius 1 is 1.19 bits per heavy atom. The molecular formula is C12H26N2OS. The Kier molecular flexibility index (Phi) is 7.85. The molecule has 4 heteroatoms. The zero-order valence-corrected chi connectivity index (χ0v) is 12.0. The Balaban J connectivity index is 4.11. The van der Waals surface area contributed by atoms with E-state index in [1.165, 1.54) is 0 Å². The van der Waals surface area contributed by atoms with Gasteiger partial charge in [0.05, 0.1) is 5.75 Å². The van der Waals surface area contributed by atoms with E-state index in [4.69, 9.17) is 5.73 Å². The van der Waals surface area contributed by atoms with Gasteiger partial charge in [-0.05, 0) is 40.7 Å². The Hall–Kier alpha value is -0.220. The van der Waals surface area contributed by atoms with E-state index in [9.17, 15) is 4.79 Å². The molecule has 0 aromatic carbocycles. The molecule has 0 spiro atoms. The molecule has 96 valence electrons. The van der Waals surface area contributed by atoms with Gasteiger partial charge in [0.1, 0.15) is 0 Å². The Labute approximate surface area is 104 Å². The van der Waals surface area contributed by atoms with Crippen molar-refractivity contribution in [3.05, 3.63) is 0 Å². The molecule has 1 unspecified atom stereocenters. The highest BCUT2D eigenvalue weighted by Gasteiger charge is 2.20. The van der Waals surface area contributed by atoms with Crippen LogP contribution in [0.25, 0.3) is 0 Å². The normalized spacial score (nSPS) is 13.2. The summed E-state index contributed by atoms with van der Waals surface area (Å²) >= 11 is 1.70. The summed E-state index contributed by atoms with van der Waals surface area (Å²) in [6.07, 6.45) is 0.974. The zero-order chi connectivity index (χ0) is 12.7. The minimum absolute atomic E-state index is 0.235. The van der Waals surface area contributed by atoms with Crippen molar-refractivity contribution in [1.82, 2.24) is 4.90 Å². The lowest BCUT2D eigenvalue weighted by molar-refractivity contribution is -0.131. The van der Waals surface area contributed by atoms with E-state index in [0.717, 1.165) is 6.42 Å². The first-order valence-corrected chi connectivity index (χ1v) is 7.07. The van der Waals surface area contributed by atoms with Crippen LogP contribution in [0.1, 0.15) is 41.0 Å². The third kappa shape index (κ3) is 5.75. The molecule has 0 aliphatic heterocycles. The van der Waals surface area contributed by atoms with Crippen LogP contribution < -0.4 is 5.73 Å². The summed E-state index contributed by atoms with van der Waals surface area (Å²) in [5.41, 5.74) is 5.48. The monoisotopic (exact) mass is 246 g/mol. The van der Waals surface area contributed by atoms with E-state index < -0.39 is 0 Å². The smallest absolute Gasteiger partial charge is 0.233 e. The van der Waals surface area contributed by atoms with Crippen LogP contribution in [0.3, 0.4) is 0 Å². The van der Waals surface area contributed by atoms with Crippen molar-refractivity contribution in [2.45, 2.75) is 58.4 Å². The highest BCUT2D eigenvalue weighted by Crippen LogP contribution is 2.16. The van der Waals surface area contributed by atoms with Crippen LogP contribution in [-0.2, 0) is 4.79 Å². The fraction of sp³-hybridized carbons (Fsp3) is 0.917. The number of nitrogens with zero attached hydrogens (tertiary/aromatic N) is 1. The number of hydrogen-bond acceptors (Lipinski definition) is 3. The largest absolute Gasteiger partial charge is 0.337 e. The first-order chi connectivity index (χ1) is 7.40. The number of amides is 1. The van der Waals surface area contributed by atoms with Gasteiger partial charge in [0, 0.05) is 17.3 Å². The molecule has 1 atom stereocenters. The standard InChI is InChI=1S/C12H26N2OS/c1-9(2)14(10(3)4)12(15)8-16-11(5)6-7-13/h9-11H,6-8,13H2,1-5H3. The lowest BCUT2D eigenvalue weighted by Crippen LogP contribution is -2.43. The van der Waals surface area contributed by atoms with E-state index in [1.54, 1.807) is 11.8 Å². The molecule has 3 nitrogen and oxygen atoms in total.